The van der Waals surface area contributed by atoms with Gasteiger partial charge >= 0.3 is 0 Å². The van der Waals surface area contributed by atoms with Crippen LogP contribution in [0.15, 0.2) is 30.3 Å². The topological polar surface area (TPSA) is 55.1 Å². The lowest BCUT2D eigenvalue weighted by molar-refractivity contribution is -0.120. The third kappa shape index (κ3) is 3.35. The molecule has 16 heavy (non-hydrogen) atoms. The fraction of sp³-hybridized carbons (Fsp3) is 0.462. The summed E-state index contributed by atoms with van der Waals surface area (Å²) in [6.07, 6.45) is 0. The number of rotatable bonds is 5. The second kappa shape index (κ2) is 5.66. The largest absolute Gasteiger partial charge is 0.368 e. The fourth-order valence-electron chi connectivity index (χ4n) is 1.44. The van der Waals surface area contributed by atoms with E-state index in [1.165, 1.54) is 0 Å². The first-order valence-corrected chi connectivity index (χ1v) is 5.62. The van der Waals surface area contributed by atoms with Crippen LogP contribution in [0.2, 0.25) is 0 Å². The lowest BCUT2D eigenvalue weighted by atomic mass is 10.0. The van der Waals surface area contributed by atoms with Crippen LogP contribution in [-0.4, -0.2) is 11.9 Å². The van der Waals surface area contributed by atoms with Crippen molar-refractivity contribution in [1.82, 2.24) is 5.32 Å². The van der Waals surface area contributed by atoms with Crippen molar-refractivity contribution >= 4 is 5.91 Å². The van der Waals surface area contributed by atoms with E-state index in [-0.39, 0.29) is 11.9 Å². The predicted octanol–water partition coefficient (Wildman–Crippen LogP) is 1.85. The Labute approximate surface area is 97.0 Å². The Morgan fingerprint density at radius 3 is 2.19 bits per heavy atom. The fourth-order valence-corrected chi connectivity index (χ4v) is 1.44. The molecule has 0 saturated heterocycles. The molecule has 0 aromatic heterocycles. The lowest BCUT2D eigenvalue weighted by Crippen LogP contribution is -2.40. The molecule has 3 nitrogen and oxygen atoms in total. The van der Waals surface area contributed by atoms with E-state index in [4.69, 9.17) is 5.73 Å². The minimum atomic E-state index is -0.404. The van der Waals surface area contributed by atoms with Gasteiger partial charge in [0.05, 0.1) is 0 Å². The van der Waals surface area contributed by atoms with Gasteiger partial charge < -0.3 is 5.73 Å². The summed E-state index contributed by atoms with van der Waals surface area (Å²) in [5, 5.41) is 3.26. The molecule has 0 spiro atoms. The van der Waals surface area contributed by atoms with Crippen LogP contribution in [0.1, 0.15) is 32.4 Å². The summed E-state index contributed by atoms with van der Waals surface area (Å²) < 4.78 is 0. The monoisotopic (exact) mass is 220 g/mol. The zero-order valence-corrected chi connectivity index (χ0v) is 10.1. The van der Waals surface area contributed by atoms with Crippen molar-refractivity contribution < 1.29 is 4.79 Å². The number of amides is 1. The highest BCUT2D eigenvalue weighted by atomic mass is 16.1. The lowest BCUT2D eigenvalue weighted by Gasteiger charge is -2.23. The maximum atomic E-state index is 11.4. The van der Waals surface area contributed by atoms with Gasteiger partial charge in [0.15, 0.2) is 0 Å². The standard InChI is InChI=1S/C13H20N2O/c1-9(2)10(3)15-12(13(14)16)11-7-5-4-6-8-11/h4-10,12,15H,1-3H3,(H2,14,16)/t10-,12+/m1/s1. The summed E-state index contributed by atoms with van der Waals surface area (Å²) in [6, 6.07) is 9.41. The molecule has 0 saturated carbocycles. The molecule has 3 N–H and O–H groups in total. The van der Waals surface area contributed by atoms with Gasteiger partial charge in [-0.05, 0) is 18.4 Å². The molecule has 0 bridgehead atoms. The maximum absolute atomic E-state index is 11.4. The first kappa shape index (κ1) is 12.7. The maximum Gasteiger partial charge on any atom is 0.239 e. The summed E-state index contributed by atoms with van der Waals surface area (Å²) in [6.45, 7) is 6.28. The molecule has 1 aromatic carbocycles. The molecule has 0 unspecified atom stereocenters. The van der Waals surface area contributed by atoms with Gasteiger partial charge in [-0.3, -0.25) is 10.1 Å². The van der Waals surface area contributed by atoms with Crippen molar-refractivity contribution in [1.29, 1.82) is 0 Å². The normalized spacial score (nSPS) is 14.8. The van der Waals surface area contributed by atoms with Gasteiger partial charge in [-0.15, -0.1) is 0 Å². The Kier molecular flexibility index (Phi) is 4.50. The number of carbonyl (C=O) groups excluding carboxylic acids is 1. The van der Waals surface area contributed by atoms with E-state index in [0.717, 1.165) is 5.56 Å². The molecule has 0 aliphatic carbocycles. The molecular formula is C13H20N2O. The number of benzene rings is 1. The van der Waals surface area contributed by atoms with Crippen molar-refractivity contribution in [2.45, 2.75) is 32.9 Å². The second-order valence-electron chi connectivity index (χ2n) is 4.45. The van der Waals surface area contributed by atoms with Crippen molar-refractivity contribution in [3.63, 3.8) is 0 Å². The molecule has 3 heteroatoms. The Balaban J connectivity index is 2.81. The van der Waals surface area contributed by atoms with Crippen LogP contribution in [0, 0.1) is 5.92 Å². The summed E-state index contributed by atoms with van der Waals surface area (Å²) in [5.74, 6) is 0.129. The third-order valence-electron chi connectivity index (χ3n) is 2.85. The van der Waals surface area contributed by atoms with Crippen LogP contribution >= 0.6 is 0 Å². The number of carbonyl (C=O) groups is 1. The summed E-state index contributed by atoms with van der Waals surface area (Å²) >= 11 is 0. The van der Waals surface area contributed by atoms with Gasteiger partial charge in [0.1, 0.15) is 6.04 Å². The van der Waals surface area contributed by atoms with E-state index < -0.39 is 6.04 Å². The number of hydrogen-bond donors (Lipinski definition) is 2. The van der Waals surface area contributed by atoms with Gasteiger partial charge in [-0.1, -0.05) is 44.2 Å². The van der Waals surface area contributed by atoms with Gasteiger partial charge in [0, 0.05) is 6.04 Å². The summed E-state index contributed by atoms with van der Waals surface area (Å²) in [4.78, 5) is 11.4. The smallest absolute Gasteiger partial charge is 0.239 e. The van der Waals surface area contributed by atoms with Crippen molar-refractivity contribution in [3.05, 3.63) is 35.9 Å². The molecule has 1 aromatic rings. The van der Waals surface area contributed by atoms with Gasteiger partial charge in [-0.2, -0.15) is 0 Å². The van der Waals surface area contributed by atoms with E-state index in [2.05, 4.69) is 26.1 Å². The van der Waals surface area contributed by atoms with Crippen LogP contribution in [0.3, 0.4) is 0 Å². The van der Waals surface area contributed by atoms with E-state index >= 15 is 0 Å². The molecule has 0 heterocycles. The van der Waals surface area contributed by atoms with Crippen LogP contribution in [0.4, 0.5) is 0 Å². The first-order valence-electron chi connectivity index (χ1n) is 5.62. The average molecular weight is 220 g/mol. The summed E-state index contributed by atoms with van der Waals surface area (Å²) in [5.41, 5.74) is 6.33. The molecule has 88 valence electrons. The van der Waals surface area contributed by atoms with Crippen LogP contribution in [-0.2, 0) is 4.79 Å². The predicted molar refractivity (Wildman–Crippen MR) is 65.8 cm³/mol. The number of nitrogens with one attached hydrogen (secondary N) is 1. The average Bonchev–Trinajstić information content (AvgIpc) is 2.26. The highest BCUT2D eigenvalue weighted by molar-refractivity contribution is 5.81. The van der Waals surface area contributed by atoms with Gasteiger partial charge in [-0.25, -0.2) is 0 Å². The highest BCUT2D eigenvalue weighted by Crippen LogP contribution is 2.14. The van der Waals surface area contributed by atoms with Crippen LogP contribution < -0.4 is 11.1 Å². The van der Waals surface area contributed by atoms with Crippen LogP contribution in [0.25, 0.3) is 0 Å². The Morgan fingerprint density at radius 1 is 1.19 bits per heavy atom. The van der Waals surface area contributed by atoms with E-state index in [1.54, 1.807) is 0 Å². The van der Waals surface area contributed by atoms with E-state index in [0.29, 0.717) is 5.92 Å². The zero-order chi connectivity index (χ0) is 12.1. The second-order valence-corrected chi connectivity index (χ2v) is 4.45. The third-order valence-corrected chi connectivity index (χ3v) is 2.85. The van der Waals surface area contributed by atoms with Gasteiger partial charge in [0.2, 0.25) is 5.91 Å². The molecular weight excluding hydrogens is 200 g/mol. The van der Waals surface area contributed by atoms with Crippen molar-refractivity contribution in [2.24, 2.45) is 11.7 Å². The van der Waals surface area contributed by atoms with Crippen LogP contribution in [0.5, 0.6) is 0 Å². The highest BCUT2D eigenvalue weighted by Gasteiger charge is 2.20. The Morgan fingerprint density at radius 2 is 1.75 bits per heavy atom. The molecule has 0 aliphatic heterocycles. The molecule has 0 fully saturated rings. The molecule has 0 radical (unpaired) electrons. The van der Waals surface area contributed by atoms with Crippen molar-refractivity contribution in [2.75, 3.05) is 0 Å². The summed E-state index contributed by atoms with van der Waals surface area (Å²) in [7, 11) is 0. The number of nitrogens with two attached hydrogens (primary N) is 1. The Bertz CT molecular complexity index is 335. The number of hydrogen-bond acceptors (Lipinski definition) is 2. The van der Waals surface area contributed by atoms with E-state index in [1.807, 2.05) is 30.3 Å². The zero-order valence-electron chi connectivity index (χ0n) is 10.1. The first-order chi connectivity index (χ1) is 7.52. The minimum Gasteiger partial charge on any atom is -0.368 e. The minimum absolute atomic E-state index is 0.248. The van der Waals surface area contributed by atoms with E-state index in [9.17, 15) is 4.79 Å². The quantitative estimate of drug-likeness (QED) is 0.795. The molecule has 0 aliphatic rings. The number of primary amides is 1. The Hall–Kier alpha value is -1.35. The molecule has 2 atom stereocenters. The molecule has 1 amide bonds. The van der Waals surface area contributed by atoms with Gasteiger partial charge in [0.25, 0.3) is 0 Å². The van der Waals surface area contributed by atoms with Crippen molar-refractivity contribution in [3.8, 4) is 0 Å². The molecule has 1 rings (SSSR count). The SMILES string of the molecule is CC(C)[C@@H](C)N[C@H](C(N)=O)c1ccccc1.